The third kappa shape index (κ3) is 6.26. The van der Waals surface area contributed by atoms with Gasteiger partial charge >= 0.3 is 12.6 Å². The maximum Gasteiger partial charge on any atom is 0.387 e. The van der Waals surface area contributed by atoms with Crippen LogP contribution < -0.4 is 19.1 Å². The van der Waals surface area contributed by atoms with Crippen LogP contribution >= 0.6 is 0 Å². The van der Waals surface area contributed by atoms with Gasteiger partial charge in [0.25, 0.3) is 10.0 Å². The molecule has 1 aliphatic carbocycles. The molecule has 1 aliphatic heterocycles. The van der Waals surface area contributed by atoms with E-state index in [4.69, 9.17) is 4.74 Å². The van der Waals surface area contributed by atoms with Crippen molar-refractivity contribution in [2.45, 2.75) is 56.8 Å². The van der Waals surface area contributed by atoms with E-state index in [2.05, 4.69) is 10.1 Å². The van der Waals surface area contributed by atoms with Gasteiger partial charge in [-0.25, -0.2) is 12.8 Å². The Morgan fingerprint density at radius 1 is 1.12 bits per heavy atom. The number of carbonyl (C=O) groups is 2. The Bertz CT molecular complexity index is 1680. The minimum absolute atomic E-state index is 0.00481. The third-order valence-electron chi connectivity index (χ3n) is 7.65. The summed E-state index contributed by atoms with van der Waals surface area (Å²) in [5.74, 6) is -2.43. The minimum atomic E-state index is -4.20. The van der Waals surface area contributed by atoms with Gasteiger partial charge in [0.15, 0.2) is 0 Å². The van der Waals surface area contributed by atoms with Crippen molar-refractivity contribution in [3.8, 4) is 22.6 Å². The first-order valence-corrected chi connectivity index (χ1v) is 14.9. The van der Waals surface area contributed by atoms with Crippen LogP contribution in [0.4, 0.5) is 18.9 Å². The molecule has 3 aromatic rings. The lowest BCUT2D eigenvalue weighted by atomic mass is 9.62. The number of aliphatic carboxylic acids is 1. The highest BCUT2D eigenvalue weighted by Crippen LogP contribution is 2.48. The first kappa shape index (κ1) is 30.2. The van der Waals surface area contributed by atoms with Crippen molar-refractivity contribution >= 4 is 27.6 Å². The van der Waals surface area contributed by atoms with Crippen LogP contribution in [-0.2, 0) is 19.6 Å². The first-order valence-electron chi connectivity index (χ1n) is 13.4. The molecular weight excluding hydrogens is 589 g/mol. The minimum Gasteiger partial charge on any atom is -0.486 e. The van der Waals surface area contributed by atoms with E-state index in [1.165, 1.54) is 43.3 Å². The first-order chi connectivity index (χ1) is 20.3. The van der Waals surface area contributed by atoms with Crippen molar-refractivity contribution in [2.75, 3.05) is 10.8 Å². The zero-order chi connectivity index (χ0) is 31.1. The second-order valence-corrected chi connectivity index (χ2v) is 12.8. The predicted molar refractivity (Wildman–Crippen MR) is 150 cm³/mol. The quantitative estimate of drug-likeness (QED) is 0.342. The Hall–Kier alpha value is -4.26. The number of carboxylic acid groups (broad SMARTS) is 1. The highest BCUT2D eigenvalue weighted by molar-refractivity contribution is 7.92. The van der Waals surface area contributed by atoms with Gasteiger partial charge in [0.05, 0.1) is 22.5 Å². The second kappa shape index (κ2) is 11.4. The summed E-state index contributed by atoms with van der Waals surface area (Å²) in [5.41, 5.74) is 0.0654. The summed E-state index contributed by atoms with van der Waals surface area (Å²) in [6, 6.07) is 13.5. The largest absolute Gasteiger partial charge is 0.486 e. The molecule has 43 heavy (non-hydrogen) atoms. The summed E-state index contributed by atoms with van der Waals surface area (Å²) >= 11 is 0. The summed E-state index contributed by atoms with van der Waals surface area (Å²) < 4.78 is 79.6. The number of carboxylic acids is 1. The molecule has 0 radical (unpaired) electrons. The number of fused-ring (bicyclic) bond motifs is 1. The number of aryl methyl sites for hydroxylation is 1. The SMILES string of the molecule is CC(=O)NC1CC(C[C@H]2CN(S(=O)(=O)c3cccc(C)c3)c3cc(-c4cc(F)cc(OC(F)F)c4)ccc3O2)(C(=O)O)C1. The van der Waals surface area contributed by atoms with Gasteiger partial charge in [0.1, 0.15) is 23.4 Å². The fraction of sp³-hybridized carbons (Fsp3) is 0.333. The number of sulfonamides is 1. The standard InChI is InChI=1S/C30H29F3N2O7S/c1-17-4-3-5-25(8-17)43(39,40)35-16-24(15-30(28(37)38)13-22(14-30)34-18(2)36)41-27-7-6-19(11-26(27)35)20-9-21(31)12-23(10-20)42-29(32)33/h3-12,22,24,29H,13-16H2,1-2H3,(H,34,36)(H,37,38)/t22?,24-,30?/m0/s1. The maximum absolute atomic E-state index is 14.3. The van der Waals surface area contributed by atoms with E-state index in [1.807, 2.05) is 0 Å². The molecule has 1 fully saturated rings. The molecule has 0 bridgehead atoms. The van der Waals surface area contributed by atoms with E-state index in [0.29, 0.717) is 11.1 Å². The van der Waals surface area contributed by atoms with Gasteiger partial charge in [-0.15, -0.1) is 0 Å². The number of amides is 1. The number of hydrogen-bond acceptors (Lipinski definition) is 6. The van der Waals surface area contributed by atoms with Gasteiger partial charge in [0.2, 0.25) is 5.91 Å². The van der Waals surface area contributed by atoms with Crippen LogP contribution in [0.1, 0.15) is 31.7 Å². The molecule has 1 heterocycles. The number of alkyl halides is 2. The van der Waals surface area contributed by atoms with Gasteiger partial charge in [-0.2, -0.15) is 8.78 Å². The molecule has 228 valence electrons. The van der Waals surface area contributed by atoms with E-state index in [-0.39, 0.29) is 59.7 Å². The fourth-order valence-electron chi connectivity index (χ4n) is 5.77. The zero-order valence-electron chi connectivity index (χ0n) is 23.2. The zero-order valence-corrected chi connectivity index (χ0v) is 24.0. The lowest BCUT2D eigenvalue weighted by Gasteiger charge is -2.47. The van der Waals surface area contributed by atoms with Crippen LogP contribution in [0.15, 0.2) is 65.6 Å². The number of benzene rings is 3. The number of nitrogens with zero attached hydrogens (tertiary/aromatic N) is 1. The topological polar surface area (TPSA) is 122 Å². The molecule has 0 saturated heterocycles. The van der Waals surface area contributed by atoms with Crippen LogP contribution in [0.2, 0.25) is 0 Å². The molecule has 1 amide bonds. The summed E-state index contributed by atoms with van der Waals surface area (Å²) in [6.07, 6.45) is -0.535. The Morgan fingerprint density at radius 2 is 1.86 bits per heavy atom. The lowest BCUT2D eigenvalue weighted by Crippen LogP contribution is -2.57. The summed E-state index contributed by atoms with van der Waals surface area (Å²) in [6.45, 7) is -0.304. The number of ether oxygens (including phenoxy) is 2. The lowest BCUT2D eigenvalue weighted by molar-refractivity contribution is -0.159. The Balaban J connectivity index is 1.54. The molecule has 2 N–H and O–H groups in total. The van der Waals surface area contributed by atoms with Gasteiger partial charge in [-0.1, -0.05) is 18.2 Å². The van der Waals surface area contributed by atoms with Crippen molar-refractivity contribution in [3.05, 3.63) is 72.0 Å². The number of hydrogen-bond donors (Lipinski definition) is 2. The van der Waals surface area contributed by atoms with Crippen LogP contribution in [0.5, 0.6) is 11.5 Å². The van der Waals surface area contributed by atoms with Crippen LogP contribution in [0.25, 0.3) is 11.1 Å². The molecule has 5 rings (SSSR count). The number of carbonyl (C=O) groups excluding carboxylic acids is 1. The van der Waals surface area contributed by atoms with Gasteiger partial charge in [0, 0.05) is 25.5 Å². The Morgan fingerprint density at radius 3 is 2.51 bits per heavy atom. The third-order valence-corrected chi connectivity index (χ3v) is 9.43. The molecule has 3 aromatic carbocycles. The van der Waals surface area contributed by atoms with Crippen LogP contribution in [-0.4, -0.2) is 50.7 Å². The molecule has 2 aliphatic rings. The summed E-state index contributed by atoms with van der Waals surface area (Å²) in [5, 5.41) is 12.8. The van der Waals surface area contributed by atoms with E-state index in [1.54, 1.807) is 19.1 Å². The van der Waals surface area contributed by atoms with Crippen LogP contribution in [0, 0.1) is 18.2 Å². The molecular formula is C30H29F3N2O7S. The van der Waals surface area contributed by atoms with Gasteiger partial charge < -0.3 is 19.9 Å². The summed E-state index contributed by atoms with van der Waals surface area (Å²) in [7, 11) is -4.20. The Labute approximate surface area is 246 Å². The second-order valence-electron chi connectivity index (χ2n) is 10.9. The van der Waals surface area contributed by atoms with E-state index < -0.39 is 45.7 Å². The maximum atomic E-state index is 14.3. The van der Waals surface area contributed by atoms with E-state index in [9.17, 15) is 36.3 Å². The fourth-order valence-corrected chi connectivity index (χ4v) is 7.37. The summed E-state index contributed by atoms with van der Waals surface area (Å²) in [4.78, 5) is 23.8. The molecule has 9 nitrogen and oxygen atoms in total. The predicted octanol–water partition coefficient (Wildman–Crippen LogP) is 5.12. The monoisotopic (exact) mass is 618 g/mol. The highest BCUT2D eigenvalue weighted by atomic mass is 32.2. The molecule has 0 spiro atoms. The molecule has 0 unspecified atom stereocenters. The van der Waals surface area contributed by atoms with Crippen molar-refractivity contribution in [3.63, 3.8) is 0 Å². The number of rotatable bonds is 9. The number of nitrogens with one attached hydrogen (secondary N) is 1. The average Bonchev–Trinajstić information content (AvgIpc) is 2.90. The van der Waals surface area contributed by atoms with Gasteiger partial charge in [-0.3, -0.25) is 13.9 Å². The molecule has 1 saturated carbocycles. The highest BCUT2D eigenvalue weighted by Gasteiger charge is 2.53. The van der Waals surface area contributed by atoms with Crippen molar-refractivity contribution in [2.24, 2.45) is 5.41 Å². The van der Waals surface area contributed by atoms with Crippen molar-refractivity contribution in [1.29, 1.82) is 0 Å². The van der Waals surface area contributed by atoms with Crippen molar-refractivity contribution in [1.82, 2.24) is 5.32 Å². The number of anilines is 1. The smallest absolute Gasteiger partial charge is 0.387 e. The van der Waals surface area contributed by atoms with Crippen LogP contribution in [0.3, 0.4) is 0 Å². The molecule has 0 aromatic heterocycles. The normalized spacial score (nSPS) is 21.4. The molecule has 1 atom stereocenters. The average molecular weight is 619 g/mol. The van der Waals surface area contributed by atoms with Gasteiger partial charge in [-0.05, 0) is 72.9 Å². The molecule has 13 heteroatoms. The van der Waals surface area contributed by atoms with E-state index >= 15 is 0 Å². The van der Waals surface area contributed by atoms with Crippen molar-refractivity contribution < 1.29 is 45.8 Å². The van der Waals surface area contributed by atoms with E-state index in [0.717, 1.165) is 16.4 Å². The Kier molecular flexibility index (Phi) is 8.03. The number of halogens is 3.